The summed E-state index contributed by atoms with van der Waals surface area (Å²) in [6, 6.07) is 16.0. The Bertz CT molecular complexity index is 866. The van der Waals surface area contributed by atoms with Gasteiger partial charge in [-0.05, 0) is 69.2 Å². The summed E-state index contributed by atoms with van der Waals surface area (Å²) in [4.78, 5) is 28.2. The third-order valence-corrected chi connectivity index (χ3v) is 5.54. The van der Waals surface area contributed by atoms with Crippen LogP contribution in [-0.2, 0) is 29.0 Å². The van der Waals surface area contributed by atoms with E-state index in [1.54, 1.807) is 4.90 Å². The Balaban J connectivity index is 2.22. The molecule has 0 bridgehead atoms. The van der Waals surface area contributed by atoms with E-state index in [1.807, 2.05) is 58.9 Å². The van der Waals surface area contributed by atoms with Crippen LogP contribution < -0.4 is 5.32 Å². The molecule has 31 heavy (non-hydrogen) atoms. The molecule has 0 saturated carbocycles. The summed E-state index contributed by atoms with van der Waals surface area (Å²) < 4.78 is 0. The van der Waals surface area contributed by atoms with Crippen LogP contribution in [0.15, 0.2) is 48.5 Å². The Morgan fingerprint density at radius 2 is 1.58 bits per heavy atom. The lowest BCUT2D eigenvalue weighted by molar-refractivity contribution is -0.142. The molecule has 1 N–H and O–H groups in total. The lowest BCUT2D eigenvalue weighted by Gasteiger charge is -2.33. The fraction of sp³-hybridized carbons (Fsp3) is 0.481. The number of hydrogen-bond donors (Lipinski definition) is 1. The van der Waals surface area contributed by atoms with E-state index in [2.05, 4.69) is 36.5 Å². The van der Waals surface area contributed by atoms with Crippen LogP contribution in [0.2, 0.25) is 0 Å². The molecule has 1 unspecified atom stereocenters. The van der Waals surface area contributed by atoms with Gasteiger partial charge in [-0.1, -0.05) is 62.4 Å². The van der Waals surface area contributed by atoms with Crippen LogP contribution in [-0.4, -0.2) is 28.3 Å². The number of carbonyl (C=O) groups excluding carboxylic acids is 2. The zero-order valence-electron chi connectivity index (χ0n) is 20.0. The molecule has 0 aliphatic rings. The summed E-state index contributed by atoms with van der Waals surface area (Å²) in [6.07, 6.45) is 2.64. The fourth-order valence-electron chi connectivity index (χ4n) is 3.68. The highest BCUT2D eigenvalue weighted by atomic mass is 16.2. The number of nitrogens with zero attached hydrogens (tertiary/aromatic N) is 1. The molecule has 2 rings (SSSR count). The van der Waals surface area contributed by atoms with Gasteiger partial charge in [0.15, 0.2) is 0 Å². The largest absolute Gasteiger partial charge is 0.350 e. The first-order valence-electron chi connectivity index (χ1n) is 11.4. The van der Waals surface area contributed by atoms with Crippen LogP contribution in [0, 0.1) is 6.92 Å². The molecule has 4 nitrogen and oxygen atoms in total. The number of aryl methyl sites for hydroxylation is 3. The van der Waals surface area contributed by atoms with Gasteiger partial charge in [-0.25, -0.2) is 0 Å². The first-order valence-corrected chi connectivity index (χ1v) is 11.4. The van der Waals surface area contributed by atoms with Crippen molar-refractivity contribution in [1.82, 2.24) is 10.2 Å². The first kappa shape index (κ1) is 24.6. The summed E-state index contributed by atoms with van der Waals surface area (Å²) >= 11 is 0. The zero-order valence-corrected chi connectivity index (χ0v) is 20.0. The van der Waals surface area contributed by atoms with Gasteiger partial charge in [0.25, 0.3) is 0 Å². The lowest BCUT2D eigenvalue weighted by Crippen LogP contribution is -2.53. The molecule has 0 radical (unpaired) electrons. The van der Waals surface area contributed by atoms with Gasteiger partial charge >= 0.3 is 0 Å². The van der Waals surface area contributed by atoms with Crippen LogP contribution >= 0.6 is 0 Å². The molecule has 0 heterocycles. The molecule has 0 spiro atoms. The van der Waals surface area contributed by atoms with Crippen molar-refractivity contribution in [3.8, 4) is 0 Å². The van der Waals surface area contributed by atoms with Crippen molar-refractivity contribution in [2.75, 3.05) is 0 Å². The summed E-state index contributed by atoms with van der Waals surface area (Å²) in [5.41, 5.74) is 4.30. The summed E-state index contributed by atoms with van der Waals surface area (Å²) in [5, 5.41) is 3.06. The minimum Gasteiger partial charge on any atom is -0.350 e. The van der Waals surface area contributed by atoms with E-state index in [9.17, 15) is 9.59 Å². The maximum atomic E-state index is 13.4. The van der Waals surface area contributed by atoms with Gasteiger partial charge in [-0.2, -0.15) is 0 Å². The van der Waals surface area contributed by atoms with Gasteiger partial charge in [0.2, 0.25) is 11.8 Å². The van der Waals surface area contributed by atoms with Crippen molar-refractivity contribution in [2.45, 2.75) is 85.4 Å². The van der Waals surface area contributed by atoms with Crippen LogP contribution in [0.5, 0.6) is 0 Å². The van der Waals surface area contributed by atoms with Gasteiger partial charge in [-0.3, -0.25) is 9.59 Å². The highest BCUT2D eigenvalue weighted by molar-refractivity contribution is 5.88. The van der Waals surface area contributed by atoms with Crippen molar-refractivity contribution in [3.05, 3.63) is 70.8 Å². The van der Waals surface area contributed by atoms with Crippen LogP contribution in [0.1, 0.15) is 69.7 Å². The standard InChI is InChI=1S/C27H38N2O2/c1-7-21-13-15-22(16-14-21)17-18-25(30)29(19-23-12-10-9-11-20(23)3)24(8-2)26(31)28-27(4,5)6/h9-16,24H,7-8,17-19H2,1-6H3,(H,28,31). The van der Waals surface area contributed by atoms with Crippen molar-refractivity contribution < 1.29 is 9.59 Å². The number of benzene rings is 2. The molecule has 2 aromatic rings. The average Bonchev–Trinajstić information content (AvgIpc) is 2.72. The van der Waals surface area contributed by atoms with Crippen molar-refractivity contribution in [2.24, 2.45) is 0 Å². The van der Waals surface area contributed by atoms with E-state index in [1.165, 1.54) is 5.56 Å². The molecule has 0 saturated heterocycles. The van der Waals surface area contributed by atoms with Gasteiger partial charge in [-0.15, -0.1) is 0 Å². The number of rotatable bonds is 9. The molecule has 0 fully saturated rings. The number of nitrogens with one attached hydrogen (secondary N) is 1. The summed E-state index contributed by atoms with van der Waals surface area (Å²) in [5.74, 6) is -0.0806. The van der Waals surface area contributed by atoms with Gasteiger partial charge in [0.1, 0.15) is 6.04 Å². The Kier molecular flexibility index (Phi) is 8.85. The second kappa shape index (κ2) is 11.1. The number of amides is 2. The van der Waals surface area contributed by atoms with Gasteiger partial charge in [0, 0.05) is 18.5 Å². The third kappa shape index (κ3) is 7.54. The van der Waals surface area contributed by atoms with E-state index in [4.69, 9.17) is 0 Å². The molecule has 2 aromatic carbocycles. The maximum Gasteiger partial charge on any atom is 0.243 e. The Hall–Kier alpha value is -2.62. The molecule has 0 aliphatic heterocycles. The second-order valence-corrected chi connectivity index (χ2v) is 9.28. The summed E-state index contributed by atoms with van der Waals surface area (Å²) in [7, 11) is 0. The van der Waals surface area contributed by atoms with Crippen LogP contribution in [0.3, 0.4) is 0 Å². The minimum absolute atomic E-state index is 0.0127. The molecule has 0 aromatic heterocycles. The van der Waals surface area contributed by atoms with Crippen molar-refractivity contribution in [3.63, 3.8) is 0 Å². The number of hydrogen-bond acceptors (Lipinski definition) is 2. The smallest absolute Gasteiger partial charge is 0.243 e. The lowest BCUT2D eigenvalue weighted by atomic mass is 10.0. The molecule has 1 atom stereocenters. The van der Waals surface area contributed by atoms with Crippen LogP contribution in [0.4, 0.5) is 0 Å². The maximum absolute atomic E-state index is 13.4. The molecule has 2 amide bonds. The fourth-order valence-corrected chi connectivity index (χ4v) is 3.68. The Labute approximate surface area is 188 Å². The topological polar surface area (TPSA) is 49.4 Å². The predicted molar refractivity (Wildman–Crippen MR) is 128 cm³/mol. The van der Waals surface area contributed by atoms with Crippen LogP contribution in [0.25, 0.3) is 0 Å². The average molecular weight is 423 g/mol. The second-order valence-electron chi connectivity index (χ2n) is 9.28. The Morgan fingerprint density at radius 3 is 2.13 bits per heavy atom. The van der Waals surface area contributed by atoms with Crippen molar-refractivity contribution in [1.29, 1.82) is 0 Å². The molecule has 4 heteroatoms. The van der Waals surface area contributed by atoms with Crippen molar-refractivity contribution >= 4 is 11.8 Å². The van der Waals surface area contributed by atoms with E-state index in [-0.39, 0.29) is 17.4 Å². The highest BCUT2D eigenvalue weighted by Crippen LogP contribution is 2.18. The van der Waals surface area contributed by atoms with E-state index in [0.29, 0.717) is 25.8 Å². The third-order valence-electron chi connectivity index (χ3n) is 5.54. The van der Waals surface area contributed by atoms with E-state index >= 15 is 0 Å². The summed E-state index contributed by atoms with van der Waals surface area (Å²) in [6.45, 7) is 12.5. The Morgan fingerprint density at radius 1 is 0.968 bits per heavy atom. The van der Waals surface area contributed by atoms with Gasteiger partial charge < -0.3 is 10.2 Å². The monoisotopic (exact) mass is 422 g/mol. The van der Waals surface area contributed by atoms with Gasteiger partial charge in [0.05, 0.1) is 0 Å². The molecule has 0 aliphatic carbocycles. The zero-order chi connectivity index (χ0) is 23.0. The SMILES string of the molecule is CCc1ccc(CCC(=O)N(Cc2ccccc2C)C(CC)C(=O)NC(C)(C)C)cc1. The molecule has 168 valence electrons. The number of carbonyl (C=O) groups is 2. The first-order chi connectivity index (χ1) is 14.6. The molecular formula is C27H38N2O2. The van der Waals surface area contributed by atoms with E-state index < -0.39 is 6.04 Å². The quantitative estimate of drug-likeness (QED) is 0.603. The highest BCUT2D eigenvalue weighted by Gasteiger charge is 2.30. The normalized spacial score (nSPS) is 12.3. The minimum atomic E-state index is -0.492. The molecular weight excluding hydrogens is 384 g/mol. The van der Waals surface area contributed by atoms with E-state index in [0.717, 1.165) is 23.1 Å². The predicted octanol–water partition coefficient (Wildman–Crippen LogP) is 5.21.